The van der Waals surface area contributed by atoms with Gasteiger partial charge in [-0.3, -0.25) is 9.59 Å². The second-order valence-electron chi connectivity index (χ2n) is 9.45. The van der Waals surface area contributed by atoms with Gasteiger partial charge in [0.05, 0.1) is 7.11 Å². The van der Waals surface area contributed by atoms with Gasteiger partial charge >= 0.3 is 0 Å². The highest BCUT2D eigenvalue weighted by molar-refractivity contribution is 5.88. The highest BCUT2D eigenvalue weighted by Gasteiger charge is 2.31. The molecule has 0 saturated heterocycles. The van der Waals surface area contributed by atoms with Gasteiger partial charge in [0.2, 0.25) is 5.91 Å². The number of benzene rings is 3. The summed E-state index contributed by atoms with van der Waals surface area (Å²) in [7, 11) is 1.61. The van der Waals surface area contributed by atoms with Gasteiger partial charge in [-0.2, -0.15) is 0 Å². The topological polar surface area (TPSA) is 67.9 Å². The number of nitrogens with zero attached hydrogens (tertiary/aromatic N) is 1. The van der Waals surface area contributed by atoms with Crippen molar-refractivity contribution in [2.24, 2.45) is 0 Å². The Morgan fingerprint density at radius 2 is 1.68 bits per heavy atom. The molecule has 3 rings (SSSR count). The van der Waals surface area contributed by atoms with Crippen molar-refractivity contribution >= 4 is 11.8 Å². The van der Waals surface area contributed by atoms with Crippen molar-refractivity contribution in [3.63, 3.8) is 0 Å². The van der Waals surface area contributed by atoms with Crippen LogP contribution in [0.3, 0.4) is 0 Å². The molecular formula is C31H38N2O4. The Balaban J connectivity index is 1.95. The van der Waals surface area contributed by atoms with Gasteiger partial charge in [-0.25, -0.2) is 0 Å². The van der Waals surface area contributed by atoms with Gasteiger partial charge in [0.25, 0.3) is 5.91 Å². The number of carbonyl (C=O) groups excluding carboxylic acids is 2. The van der Waals surface area contributed by atoms with Gasteiger partial charge in [0.15, 0.2) is 6.61 Å². The number of hydrogen-bond donors (Lipinski definition) is 1. The molecule has 0 heterocycles. The quantitative estimate of drug-likeness (QED) is 0.368. The third kappa shape index (κ3) is 8.10. The molecule has 0 aliphatic carbocycles. The van der Waals surface area contributed by atoms with Crippen LogP contribution in [-0.2, 0) is 22.6 Å². The Bertz CT molecular complexity index is 1180. The lowest BCUT2D eigenvalue weighted by Crippen LogP contribution is -2.53. The van der Waals surface area contributed by atoms with Gasteiger partial charge < -0.3 is 19.7 Å². The molecule has 0 aliphatic heterocycles. The minimum atomic E-state index is -0.711. The average Bonchev–Trinajstić information content (AvgIpc) is 2.91. The number of methoxy groups -OCH3 is 1. The highest BCUT2D eigenvalue weighted by Crippen LogP contribution is 2.21. The third-order valence-corrected chi connectivity index (χ3v) is 6.45. The van der Waals surface area contributed by atoms with Gasteiger partial charge in [-0.1, -0.05) is 61.5 Å². The SMILES string of the molecule is CCC(C)NC(=O)C(Cc1ccccc1)N(Cc1cccc(OC)c1)C(=O)COc1cc(C)ccc1C. The van der Waals surface area contributed by atoms with E-state index in [9.17, 15) is 9.59 Å². The van der Waals surface area contributed by atoms with Gasteiger partial charge in [-0.15, -0.1) is 0 Å². The van der Waals surface area contributed by atoms with E-state index in [0.29, 0.717) is 17.9 Å². The first-order valence-corrected chi connectivity index (χ1v) is 12.8. The summed E-state index contributed by atoms with van der Waals surface area (Å²) >= 11 is 0. The molecule has 6 nitrogen and oxygen atoms in total. The summed E-state index contributed by atoms with van der Waals surface area (Å²) in [6.45, 7) is 8.00. The molecule has 0 fully saturated rings. The largest absolute Gasteiger partial charge is 0.497 e. The zero-order valence-electron chi connectivity index (χ0n) is 22.5. The molecule has 1 N–H and O–H groups in total. The smallest absolute Gasteiger partial charge is 0.261 e. The number of hydrogen-bond acceptors (Lipinski definition) is 4. The molecule has 0 spiro atoms. The van der Waals surface area contributed by atoms with E-state index in [1.54, 1.807) is 12.0 Å². The van der Waals surface area contributed by atoms with Crippen molar-refractivity contribution in [2.75, 3.05) is 13.7 Å². The Morgan fingerprint density at radius 1 is 0.946 bits per heavy atom. The Morgan fingerprint density at radius 3 is 2.38 bits per heavy atom. The number of nitrogens with one attached hydrogen (secondary N) is 1. The first kappa shape index (κ1) is 27.8. The molecule has 0 saturated carbocycles. The van der Waals surface area contributed by atoms with E-state index in [1.165, 1.54) is 0 Å². The monoisotopic (exact) mass is 502 g/mol. The van der Waals surface area contributed by atoms with Crippen LogP contribution < -0.4 is 14.8 Å². The standard InChI is InChI=1S/C31H38N2O4/c1-6-24(4)32-31(35)28(19-25-11-8-7-9-12-25)33(20-26-13-10-14-27(18-26)36-5)30(34)21-37-29-17-22(2)15-16-23(29)3/h7-18,24,28H,6,19-21H2,1-5H3,(H,32,35). The summed E-state index contributed by atoms with van der Waals surface area (Å²) in [5.74, 6) is 0.920. The van der Waals surface area contributed by atoms with Crippen LogP contribution in [0, 0.1) is 13.8 Å². The molecule has 2 atom stereocenters. The van der Waals surface area contributed by atoms with E-state index in [1.807, 2.05) is 100 Å². The fourth-order valence-electron chi connectivity index (χ4n) is 4.05. The fraction of sp³-hybridized carbons (Fsp3) is 0.355. The molecule has 37 heavy (non-hydrogen) atoms. The third-order valence-electron chi connectivity index (χ3n) is 6.45. The summed E-state index contributed by atoms with van der Waals surface area (Å²) in [5.41, 5.74) is 3.85. The van der Waals surface area contributed by atoms with Crippen molar-refractivity contribution < 1.29 is 19.1 Å². The maximum atomic E-state index is 13.8. The first-order valence-electron chi connectivity index (χ1n) is 12.8. The van der Waals surface area contributed by atoms with Crippen LogP contribution in [0.15, 0.2) is 72.8 Å². The summed E-state index contributed by atoms with van der Waals surface area (Å²) in [5, 5.41) is 3.09. The maximum absolute atomic E-state index is 13.8. The molecule has 2 unspecified atom stereocenters. The van der Waals surface area contributed by atoms with Crippen LogP contribution in [0.5, 0.6) is 11.5 Å². The molecule has 0 bridgehead atoms. The molecule has 0 aliphatic rings. The molecule has 0 aromatic heterocycles. The lowest BCUT2D eigenvalue weighted by Gasteiger charge is -2.32. The Kier molecular flexibility index (Phi) is 10.1. The van der Waals surface area contributed by atoms with Crippen molar-refractivity contribution in [1.82, 2.24) is 10.2 Å². The Hall–Kier alpha value is -3.80. The maximum Gasteiger partial charge on any atom is 0.261 e. The van der Waals surface area contributed by atoms with E-state index in [-0.39, 0.29) is 31.0 Å². The summed E-state index contributed by atoms with van der Waals surface area (Å²) in [6.07, 6.45) is 1.19. The second kappa shape index (κ2) is 13.5. The van der Waals surface area contributed by atoms with Crippen molar-refractivity contribution in [3.05, 3.63) is 95.1 Å². The van der Waals surface area contributed by atoms with Crippen molar-refractivity contribution in [3.8, 4) is 11.5 Å². The minimum Gasteiger partial charge on any atom is -0.497 e. The minimum absolute atomic E-state index is 0.00858. The van der Waals surface area contributed by atoms with E-state index in [4.69, 9.17) is 9.47 Å². The number of ether oxygens (including phenoxy) is 2. The molecular weight excluding hydrogens is 464 g/mol. The van der Waals surface area contributed by atoms with Gasteiger partial charge in [0, 0.05) is 19.0 Å². The van der Waals surface area contributed by atoms with Gasteiger partial charge in [0.1, 0.15) is 17.5 Å². The lowest BCUT2D eigenvalue weighted by molar-refractivity contribution is -0.143. The zero-order chi connectivity index (χ0) is 26.8. The normalized spacial score (nSPS) is 12.4. The number of rotatable bonds is 12. The molecule has 196 valence electrons. The second-order valence-corrected chi connectivity index (χ2v) is 9.45. The Labute approximate surface area is 220 Å². The number of aryl methyl sites for hydroxylation is 2. The van der Waals surface area contributed by atoms with E-state index < -0.39 is 6.04 Å². The molecule has 6 heteroatoms. The van der Waals surface area contributed by atoms with Crippen LogP contribution in [0.4, 0.5) is 0 Å². The number of carbonyl (C=O) groups is 2. The van der Waals surface area contributed by atoms with Crippen molar-refractivity contribution in [2.45, 2.75) is 59.2 Å². The zero-order valence-corrected chi connectivity index (χ0v) is 22.5. The summed E-state index contributed by atoms with van der Waals surface area (Å²) in [6, 6.07) is 22.5. The van der Waals surface area contributed by atoms with E-state index in [2.05, 4.69) is 5.32 Å². The molecule has 0 radical (unpaired) electrons. The van der Waals surface area contributed by atoms with Crippen LogP contribution in [0.1, 0.15) is 42.5 Å². The van der Waals surface area contributed by atoms with Crippen LogP contribution in [0.2, 0.25) is 0 Å². The average molecular weight is 503 g/mol. The van der Waals surface area contributed by atoms with Crippen LogP contribution >= 0.6 is 0 Å². The van der Waals surface area contributed by atoms with Crippen LogP contribution in [0.25, 0.3) is 0 Å². The summed E-state index contributed by atoms with van der Waals surface area (Å²) in [4.78, 5) is 29.0. The molecule has 3 aromatic carbocycles. The molecule has 2 amide bonds. The van der Waals surface area contributed by atoms with E-state index >= 15 is 0 Å². The predicted octanol–water partition coefficient (Wildman–Crippen LogP) is 5.25. The first-order chi connectivity index (χ1) is 17.8. The van der Waals surface area contributed by atoms with E-state index in [0.717, 1.165) is 28.7 Å². The summed E-state index contributed by atoms with van der Waals surface area (Å²) < 4.78 is 11.4. The van der Waals surface area contributed by atoms with Crippen LogP contribution in [-0.4, -0.2) is 42.5 Å². The predicted molar refractivity (Wildman–Crippen MR) is 147 cm³/mol. The lowest BCUT2D eigenvalue weighted by atomic mass is 10.0. The van der Waals surface area contributed by atoms with Crippen molar-refractivity contribution in [1.29, 1.82) is 0 Å². The number of amides is 2. The highest BCUT2D eigenvalue weighted by atomic mass is 16.5. The van der Waals surface area contributed by atoms with Gasteiger partial charge in [-0.05, 0) is 67.6 Å². The fourth-order valence-corrected chi connectivity index (χ4v) is 4.05. The molecule has 3 aromatic rings.